The molecule has 0 atom stereocenters. The van der Waals surface area contributed by atoms with Crippen molar-refractivity contribution in [2.45, 2.75) is 32.7 Å². The van der Waals surface area contributed by atoms with Gasteiger partial charge in [0.1, 0.15) is 5.82 Å². The molecule has 2 aromatic rings. The van der Waals surface area contributed by atoms with Gasteiger partial charge in [0, 0.05) is 25.0 Å². The zero-order valence-electron chi connectivity index (χ0n) is 12.2. The van der Waals surface area contributed by atoms with Crippen LogP contribution in [0, 0.1) is 5.92 Å². The molecule has 0 spiro atoms. The Kier molecular flexibility index (Phi) is 3.88. The second-order valence-electron chi connectivity index (χ2n) is 5.70. The molecule has 1 saturated carbocycles. The van der Waals surface area contributed by atoms with Crippen LogP contribution in [0.5, 0.6) is 0 Å². The highest BCUT2D eigenvalue weighted by molar-refractivity contribution is 5.84. The molecule has 3 rings (SSSR count). The molecule has 0 aliphatic heterocycles. The summed E-state index contributed by atoms with van der Waals surface area (Å²) < 4.78 is 0. The van der Waals surface area contributed by atoms with Gasteiger partial charge in [0.05, 0.1) is 5.52 Å². The van der Waals surface area contributed by atoms with E-state index in [2.05, 4.69) is 36.1 Å². The molecule has 2 N–H and O–H groups in total. The second kappa shape index (κ2) is 5.80. The molecule has 20 heavy (non-hydrogen) atoms. The SMILES string of the molecule is CCN(CC1CCC1)c1cc(CN)c2ccccc2n1. The van der Waals surface area contributed by atoms with Gasteiger partial charge in [-0.3, -0.25) is 0 Å². The van der Waals surface area contributed by atoms with Gasteiger partial charge in [0.15, 0.2) is 0 Å². The highest BCUT2D eigenvalue weighted by atomic mass is 15.2. The van der Waals surface area contributed by atoms with Crippen molar-refractivity contribution in [1.29, 1.82) is 0 Å². The van der Waals surface area contributed by atoms with Crippen LogP contribution in [0.25, 0.3) is 10.9 Å². The molecular weight excluding hydrogens is 246 g/mol. The van der Waals surface area contributed by atoms with E-state index in [-0.39, 0.29) is 0 Å². The average Bonchev–Trinajstić information content (AvgIpc) is 2.45. The summed E-state index contributed by atoms with van der Waals surface area (Å²) >= 11 is 0. The molecule has 0 saturated heterocycles. The molecule has 3 nitrogen and oxygen atoms in total. The predicted molar refractivity (Wildman–Crippen MR) is 84.9 cm³/mol. The van der Waals surface area contributed by atoms with Gasteiger partial charge in [0.2, 0.25) is 0 Å². The van der Waals surface area contributed by atoms with E-state index >= 15 is 0 Å². The minimum absolute atomic E-state index is 0.566. The Labute approximate surface area is 120 Å². The highest BCUT2D eigenvalue weighted by Gasteiger charge is 2.21. The van der Waals surface area contributed by atoms with Crippen LogP contribution in [-0.2, 0) is 6.54 Å². The van der Waals surface area contributed by atoms with E-state index in [9.17, 15) is 0 Å². The van der Waals surface area contributed by atoms with Gasteiger partial charge in [-0.2, -0.15) is 0 Å². The molecule has 0 amide bonds. The largest absolute Gasteiger partial charge is 0.357 e. The Hall–Kier alpha value is -1.61. The molecule has 1 aliphatic carbocycles. The molecule has 3 heteroatoms. The Morgan fingerprint density at radius 2 is 2.10 bits per heavy atom. The fraction of sp³-hybridized carbons (Fsp3) is 0.471. The van der Waals surface area contributed by atoms with E-state index in [0.29, 0.717) is 6.54 Å². The molecule has 106 valence electrons. The molecule has 1 aromatic heterocycles. The smallest absolute Gasteiger partial charge is 0.129 e. The fourth-order valence-electron chi connectivity index (χ4n) is 2.93. The lowest BCUT2D eigenvalue weighted by molar-refractivity contribution is 0.318. The zero-order valence-corrected chi connectivity index (χ0v) is 12.2. The maximum Gasteiger partial charge on any atom is 0.129 e. The summed E-state index contributed by atoms with van der Waals surface area (Å²) in [6.45, 7) is 4.91. The van der Waals surface area contributed by atoms with Crippen molar-refractivity contribution in [1.82, 2.24) is 4.98 Å². The van der Waals surface area contributed by atoms with Crippen molar-refractivity contribution in [2.24, 2.45) is 11.7 Å². The second-order valence-corrected chi connectivity index (χ2v) is 5.70. The minimum Gasteiger partial charge on any atom is -0.357 e. The van der Waals surface area contributed by atoms with Crippen LogP contribution in [-0.4, -0.2) is 18.1 Å². The van der Waals surface area contributed by atoms with Crippen molar-refractivity contribution in [2.75, 3.05) is 18.0 Å². The summed E-state index contributed by atoms with van der Waals surface area (Å²) in [5.74, 6) is 1.93. The fourth-order valence-corrected chi connectivity index (χ4v) is 2.93. The molecule has 1 aliphatic rings. The minimum atomic E-state index is 0.566. The van der Waals surface area contributed by atoms with Crippen molar-refractivity contribution in [3.05, 3.63) is 35.9 Å². The molecule has 1 aromatic carbocycles. The standard InChI is InChI=1S/C17H23N3/c1-2-20(12-13-6-5-7-13)17-10-14(11-18)15-8-3-4-9-16(15)19-17/h3-4,8-10,13H,2,5-7,11-12,18H2,1H3. The summed E-state index contributed by atoms with van der Waals surface area (Å²) in [7, 11) is 0. The van der Waals surface area contributed by atoms with Crippen molar-refractivity contribution < 1.29 is 0 Å². The summed E-state index contributed by atoms with van der Waals surface area (Å²) in [4.78, 5) is 7.24. The van der Waals surface area contributed by atoms with Gasteiger partial charge in [-0.05, 0) is 43.4 Å². The number of pyridine rings is 1. The average molecular weight is 269 g/mol. The number of hydrogen-bond donors (Lipinski definition) is 1. The molecule has 0 radical (unpaired) electrons. The van der Waals surface area contributed by atoms with Gasteiger partial charge in [0.25, 0.3) is 0 Å². The van der Waals surface area contributed by atoms with Crippen LogP contribution >= 0.6 is 0 Å². The maximum absolute atomic E-state index is 5.92. The topological polar surface area (TPSA) is 42.1 Å². The molecular formula is C17H23N3. The zero-order chi connectivity index (χ0) is 13.9. The number of aromatic nitrogens is 1. The van der Waals surface area contributed by atoms with Crippen LogP contribution < -0.4 is 10.6 Å². The van der Waals surface area contributed by atoms with Gasteiger partial charge < -0.3 is 10.6 Å². The summed E-state index contributed by atoms with van der Waals surface area (Å²) in [6.07, 6.45) is 4.13. The molecule has 0 bridgehead atoms. The quantitative estimate of drug-likeness (QED) is 0.905. The first-order valence-corrected chi connectivity index (χ1v) is 7.65. The number of nitrogens with two attached hydrogens (primary N) is 1. The monoisotopic (exact) mass is 269 g/mol. The lowest BCUT2D eigenvalue weighted by Crippen LogP contribution is -2.33. The lowest BCUT2D eigenvalue weighted by Gasteiger charge is -2.32. The van der Waals surface area contributed by atoms with E-state index < -0.39 is 0 Å². The van der Waals surface area contributed by atoms with E-state index in [1.54, 1.807) is 0 Å². The van der Waals surface area contributed by atoms with Gasteiger partial charge in [-0.1, -0.05) is 24.6 Å². The molecule has 1 heterocycles. The Balaban J connectivity index is 1.96. The third-order valence-corrected chi connectivity index (χ3v) is 4.42. The molecule has 0 unspecified atom stereocenters. The third kappa shape index (κ3) is 2.50. The third-order valence-electron chi connectivity index (χ3n) is 4.42. The first-order valence-electron chi connectivity index (χ1n) is 7.65. The molecule has 1 fully saturated rings. The van der Waals surface area contributed by atoms with E-state index in [0.717, 1.165) is 30.3 Å². The summed E-state index contributed by atoms with van der Waals surface area (Å²) in [5.41, 5.74) is 8.16. The van der Waals surface area contributed by atoms with E-state index in [1.165, 1.54) is 30.2 Å². The van der Waals surface area contributed by atoms with Gasteiger partial charge in [-0.15, -0.1) is 0 Å². The van der Waals surface area contributed by atoms with Crippen molar-refractivity contribution in [3.63, 3.8) is 0 Å². The number of anilines is 1. The number of fused-ring (bicyclic) bond motifs is 1. The van der Waals surface area contributed by atoms with Crippen LogP contribution in [0.15, 0.2) is 30.3 Å². The summed E-state index contributed by atoms with van der Waals surface area (Å²) in [5, 5.41) is 1.18. The maximum atomic E-state index is 5.92. The van der Waals surface area contributed by atoms with E-state index in [4.69, 9.17) is 10.7 Å². The van der Waals surface area contributed by atoms with Gasteiger partial charge in [-0.25, -0.2) is 4.98 Å². The van der Waals surface area contributed by atoms with E-state index in [1.807, 2.05) is 6.07 Å². The Morgan fingerprint density at radius 1 is 1.30 bits per heavy atom. The van der Waals surface area contributed by atoms with Crippen molar-refractivity contribution >= 4 is 16.7 Å². The normalized spacial score (nSPS) is 15.3. The van der Waals surface area contributed by atoms with Crippen molar-refractivity contribution in [3.8, 4) is 0 Å². The van der Waals surface area contributed by atoms with Crippen LogP contribution in [0.4, 0.5) is 5.82 Å². The highest BCUT2D eigenvalue weighted by Crippen LogP contribution is 2.29. The lowest BCUT2D eigenvalue weighted by atomic mass is 9.85. The Bertz CT molecular complexity index is 590. The number of hydrogen-bond acceptors (Lipinski definition) is 3. The summed E-state index contributed by atoms with van der Waals surface area (Å²) in [6, 6.07) is 10.5. The number of nitrogens with zero attached hydrogens (tertiary/aromatic N) is 2. The first-order chi connectivity index (χ1) is 9.81. The number of benzene rings is 1. The Morgan fingerprint density at radius 3 is 2.75 bits per heavy atom. The number of rotatable bonds is 5. The number of para-hydroxylation sites is 1. The first kappa shape index (κ1) is 13.4. The predicted octanol–water partition coefficient (Wildman–Crippen LogP) is 3.32. The van der Waals surface area contributed by atoms with Crippen LogP contribution in [0.2, 0.25) is 0 Å². The van der Waals surface area contributed by atoms with Gasteiger partial charge >= 0.3 is 0 Å². The van der Waals surface area contributed by atoms with Crippen LogP contribution in [0.1, 0.15) is 31.7 Å². The van der Waals surface area contributed by atoms with Crippen LogP contribution in [0.3, 0.4) is 0 Å².